The van der Waals surface area contributed by atoms with E-state index in [0.717, 1.165) is 11.3 Å². The van der Waals surface area contributed by atoms with E-state index in [0.29, 0.717) is 17.2 Å². The molecule has 0 unspecified atom stereocenters. The molecule has 1 heterocycles. The fourth-order valence-corrected chi connectivity index (χ4v) is 1.92. The molecule has 1 saturated heterocycles. The molecule has 0 amide bonds. The van der Waals surface area contributed by atoms with Crippen LogP contribution in [0.1, 0.15) is 11.1 Å². The second-order valence-electron chi connectivity index (χ2n) is 3.89. The monoisotopic (exact) mass is 250 g/mol. The lowest BCUT2D eigenvalue weighted by molar-refractivity contribution is -0.118. The average Bonchev–Trinajstić information content (AvgIpc) is 2.71. The molecular formula is C12H11ClN2O2. The lowest BCUT2D eigenvalue weighted by Gasteiger charge is -2.14. The molecular weight excluding hydrogens is 240 g/mol. The number of ketones is 1. The Morgan fingerprint density at radius 2 is 2.35 bits per heavy atom. The highest BCUT2D eigenvalue weighted by atomic mass is 35.5. The first-order chi connectivity index (χ1) is 8.13. The third-order valence-corrected chi connectivity index (χ3v) is 3.24. The van der Waals surface area contributed by atoms with Gasteiger partial charge in [-0.1, -0.05) is 11.6 Å². The van der Waals surface area contributed by atoms with Gasteiger partial charge in [0, 0.05) is 5.69 Å². The molecule has 1 aliphatic heterocycles. The van der Waals surface area contributed by atoms with Crippen LogP contribution in [0.15, 0.2) is 12.1 Å². The summed E-state index contributed by atoms with van der Waals surface area (Å²) in [5, 5.41) is 12.3. The van der Waals surface area contributed by atoms with Gasteiger partial charge in [-0.15, -0.1) is 0 Å². The van der Waals surface area contributed by atoms with Gasteiger partial charge in [-0.25, -0.2) is 0 Å². The molecule has 2 rings (SSSR count). The highest BCUT2D eigenvalue weighted by Crippen LogP contribution is 2.27. The van der Waals surface area contributed by atoms with Crippen LogP contribution < -0.4 is 5.32 Å². The predicted molar refractivity (Wildman–Crippen MR) is 64.1 cm³/mol. The number of Topliss-reactive ketones (excluding diaryl/α,β-unsaturated/α-hetero) is 1. The Balaban J connectivity index is 2.25. The van der Waals surface area contributed by atoms with Crippen LogP contribution in [-0.4, -0.2) is 25.0 Å². The molecule has 1 N–H and O–H groups in total. The lowest BCUT2D eigenvalue weighted by atomic mass is 10.1. The minimum atomic E-state index is -0.322. The molecule has 0 saturated carbocycles. The van der Waals surface area contributed by atoms with Crippen LogP contribution in [0, 0.1) is 18.3 Å². The number of anilines is 1. The molecule has 0 aromatic heterocycles. The summed E-state index contributed by atoms with van der Waals surface area (Å²) in [5.74, 6) is 0.0323. The van der Waals surface area contributed by atoms with Crippen LogP contribution in [0.2, 0.25) is 5.02 Å². The number of carbonyl (C=O) groups excluding carboxylic acids is 1. The van der Waals surface area contributed by atoms with Crippen molar-refractivity contribution in [1.82, 2.24) is 0 Å². The summed E-state index contributed by atoms with van der Waals surface area (Å²) in [6.07, 6.45) is 0. The van der Waals surface area contributed by atoms with Gasteiger partial charge in [0.05, 0.1) is 17.2 Å². The van der Waals surface area contributed by atoms with Gasteiger partial charge in [0.15, 0.2) is 5.78 Å². The number of ether oxygens (including phenoxy) is 1. The Labute approximate surface area is 104 Å². The number of hydrogen-bond donors (Lipinski definition) is 1. The Kier molecular flexibility index (Phi) is 3.32. The van der Waals surface area contributed by atoms with E-state index >= 15 is 0 Å². The first-order valence-electron chi connectivity index (χ1n) is 5.19. The molecule has 1 aromatic rings. The van der Waals surface area contributed by atoms with Crippen LogP contribution in [0.5, 0.6) is 0 Å². The molecule has 5 heteroatoms. The number of nitrogens with zero attached hydrogens (tertiary/aromatic N) is 1. The summed E-state index contributed by atoms with van der Waals surface area (Å²) < 4.78 is 5.06. The zero-order valence-electron chi connectivity index (χ0n) is 9.29. The van der Waals surface area contributed by atoms with E-state index in [-0.39, 0.29) is 18.4 Å². The van der Waals surface area contributed by atoms with Crippen LogP contribution in [0.4, 0.5) is 5.69 Å². The number of rotatable bonds is 2. The maximum atomic E-state index is 11.4. The van der Waals surface area contributed by atoms with E-state index < -0.39 is 0 Å². The number of nitrogens with one attached hydrogen (secondary N) is 1. The molecule has 1 fully saturated rings. The molecule has 0 spiro atoms. The first-order valence-corrected chi connectivity index (χ1v) is 5.57. The molecule has 1 aromatic carbocycles. The summed E-state index contributed by atoms with van der Waals surface area (Å²) in [7, 11) is 0. The van der Waals surface area contributed by atoms with Crippen molar-refractivity contribution >= 4 is 23.1 Å². The summed E-state index contributed by atoms with van der Waals surface area (Å²) in [4.78, 5) is 11.4. The van der Waals surface area contributed by atoms with Crippen molar-refractivity contribution in [3.8, 4) is 6.07 Å². The van der Waals surface area contributed by atoms with Crippen LogP contribution in [-0.2, 0) is 9.53 Å². The first kappa shape index (κ1) is 11.9. The Morgan fingerprint density at radius 3 is 2.94 bits per heavy atom. The second kappa shape index (κ2) is 4.74. The number of carbonyl (C=O) groups is 1. The molecule has 17 heavy (non-hydrogen) atoms. The van der Waals surface area contributed by atoms with Gasteiger partial charge >= 0.3 is 0 Å². The maximum Gasteiger partial charge on any atom is 0.182 e. The van der Waals surface area contributed by atoms with Crippen molar-refractivity contribution in [3.63, 3.8) is 0 Å². The van der Waals surface area contributed by atoms with Crippen LogP contribution in [0.25, 0.3) is 0 Å². The van der Waals surface area contributed by atoms with E-state index in [1.807, 2.05) is 13.0 Å². The normalized spacial score (nSPS) is 19.1. The van der Waals surface area contributed by atoms with E-state index in [4.69, 9.17) is 21.6 Å². The maximum absolute atomic E-state index is 11.4. The van der Waals surface area contributed by atoms with Gasteiger partial charge in [0.2, 0.25) is 0 Å². The molecule has 0 bridgehead atoms. The van der Waals surface area contributed by atoms with Gasteiger partial charge in [-0.3, -0.25) is 4.79 Å². The van der Waals surface area contributed by atoms with Gasteiger partial charge in [-0.2, -0.15) is 5.26 Å². The molecule has 1 atom stereocenters. The lowest BCUT2D eigenvalue weighted by Crippen LogP contribution is -2.28. The Bertz CT molecular complexity index is 508. The van der Waals surface area contributed by atoms with Crippen molar-refractivity contribution in [2.45, 2.75) is 13.0 Å². The summed E-state index contributed by atoms with van der Waals surface area (Å²) >= 11 is 6.04. The molecule has 4 nitrogen and oxygen atoms in total. The van der Waals surface area contributed by atoms with Crippen molar-refractivity contribution in [3.05, 3.63) is 28.3 Å². The van der Waals surface area contributed by atoms with Crippen molar-refractivity contribution < 1.29 is 9.53 Å². The zero-order valence-corrected chi connectivity index (χ0v) is 10.0. The van der Waals surface area contributed by atoms with E-state index in [1.54, 1.807) is 12.1 Å². The van der Waals surface area contributed by atoms with Crippen LogP contribution >= 0.6 is 11.6 Å². The molecule has 88 valence electrons. The molecule has 1 aliphatic rings. The van der Waals surface area contributed by atoms with Gasteiger partial charge in [0.25, 0.3) is 0 Å². The Hall–Kier alpha value is -1.57. The smallest absolute Gasteiger partial charge is 0.182 e. The third-order valence-electron chi connectivity index (χ3n) is 2.75. The Morgan fingerprint density at radius 1 is 1.59 bits per heavy atom. The number of halogens is 1. The predicted octanol–water partition coefficient (Wildman–Crippen LogP) is 1.90. The summed E-state index contributed by atoms with van der Waals surface area (Å²) in [6, 6.07) is 5.08. The molecule has 0 radical (unpaired) electrons. The fourth-order valence-electron chi connectivity index (χ4n) is 1.71. The molecule has 0 aliphatic carbocycles. The quantitative estimate of drug-likeness (QED) is 0.871. The fraction of sp³-hybridized carbons (Fsp3) is 0.333. The van der Waals surface area contributed by atoms with Crippen molar-refractivity contribution in [2.24, 2.45) is 0 Å². The number of benzene rings is 1. The summed E-state index contributed by atoms with van der Waals surface area (Å²) in [6.45, 7) is 2.34. The van der Waals surface area contributed by atoms with Gasteiger partial charge < -0.3 is 10.1 Å². The van der Waals surface area contributed by atoms with Crippen molar-refractivity contribution in [2.75, 3.05) is 18.5 Å². The highest BCUT2D eigenvalue weighted by molar-refractivity contribution is 6.32. The van der Waals surface area contributed by atoms with E-state index in [2.05, 4.69) is 5.32 Å². The third kappa shape index (κ3) is 2.26. The SMILES string of the molecule is Cc1c(N[C@H]2COCC2=O)ccc(C#N)c1Cl. The minimum absolute atomic E-state index is 0.0323. The number of nitriles is 1. The van der Waals surface area contributed by atoms with E-state index in [9.17, 15) is 4.79 Å². The zero-order chi connectivity index (χ0) is 12.4. The van der Waals surface area contributed by atoms with Crippen LogP contribution in [0.3, 0.4) is 0 Å². The van der Waals surface area contributed by atoms with Gasteiger partial charge in [-0.05, 0) is 24.6 Å². The number of hydrogen-bond acceptors (Lipinski definition) is 4. The standard InChI is InChI=1S/C12H11ClN2O2/c1-7-9(3-2-8(4-14)12(7)13)15-10-5-17-6-11(10)16/h2-3,10,15H,5-6H2,1H3/t10-/m0/s1. The summed E-state index contributed by atoms with van der Waals surface area (Å²) in [5.41, 5.74) is 1.96. The highest BCUT2D eigenvalue weighted by Gasteiger charge is 2.25. The largest absolute Gasteiger partial charge is 0.373 e. The average molecular weight is 251 g/mol. The van der Waals surface area contributed by atoms with Gasteiger partial charge in [0.1, 0.15) is 18.7 Å². The topological polar surface area (TPSA) is 62.1 Å². The van der Waals surface area contributed by atoms with E-state index in [1.165, 1.54) is 0 Å². The minimum Gasteiger partial charge on any atom is -0.373 e. The van der Waals surface area contributed by atoms with Crippen molar-refractivity contribution in [1.29, 1.82) is 5.26 Å². The second-order valence-corrected chi connectivity index (χ2v) is 4.27.